The molecule has 1 saturated carbocycles. The number of ether oxygens (including phenoxy) is 2. The van der Waals surface area contributed by atoms with Crippen molar-refractivity contribution in [1.29, 1.82) is 0 Å². The first-order chi connectivity index (χ1) is 24.0. The van der Waals surface area contributed by atoms with Gasteiger partial charge in [-0.1, -0.05) is 43.7 Å². The molecule has 3 aliphatic heterocycles. The lowest BCUT2D eigenvalue weighted by molar-refractivity contribution is -0.124. The molecule has 7 rings (SSSR count). The standard InChI is InChI=1S/C39H52ClN3O6S/c1-26-5-3-7-36(48-20-19-42-17-14-31(44)15-18-42)33-11-8-29(33)23-43-24-39(16-4-6-28-21-30(40)9-12-34(28)39)25-49-37-13-10-32(22-35(37)43)50(46,47)41-38(45)27(26)2/h3,7,9-10,12-13,21-22,26-27,29,31,33,36,44H,4-6,8,11,14-20,23-25H2,1-2H3,(H,41,45)/b7-3+/t26-,27+,29-,33?,36-,39-/m0/s1. The van der Waals surface area contributed by atoms with Crippen LogP contribution in [0.3, 0.4) is 0 Å². The van der Waals surface area contributed by atoms with Crippen LogP contribution in [0.5, 0.6) is 5.75 Å². The van der Waals surface area contributed by atoms with E-state index in [0.29, 0.717) is 43.8 Å². The fraction of sp³-hybridized carbons (Fsp3) is 0.615. The number of likely N-dealkylation sites (tertiary alicyclic amines) is 1. The maximum Gasteiger partial charge on any atom is 0.264 e. The Morgan fingerprint density at radius 1 is 1.10 bits per heavy atom. The minimum absolute atomic E-state index is 0.0608. The van der Waals surface area contributed by atoms with Crippen LogP contribution in [0.2, 0.25) is 5.02 Å². The molecule has 6 atom stereocenters. The number of carbonyl (C=O) groups excluding carboxylic acids is 1. The van der Waals surface area contributed by atoms with E-state index in [9.17, 15) is 18.3 Å². The number of hydrogen-bond acceptors (Lipinski definition) is 8. The lowest BCUT2D eigenvalue weighted by atomic mass is 9.68. The Balaban J connectivity index is 1.22. The Labute approximate surface area is 302 Å². The maximum atomic E-state index is 13.7. The zero-order chi connectivity index (χ0) is 35.0. The molecule has 9 nitrogen and oxygen atoms in total. The predicted molar refractivity (Wildman–Crippen MR) is 195 cm³/mol. The van der Waals surface area contributed by atoms with Crippen LogP contribution >= 0.6 is 11.6 Å². The fourth-order valence-electron chi connectivity index (χ4n) is 8.75. The predicted octanol–water partition coefficient (Wildman–Crippen LogP) is 5.72. The molecule has 2 aliphatic carbocycles. The van der Waals surface area contributed by atoms with Gasteiger partial charge in [0.2, 0.25) is 5.91 Å². The van der Waals surface area contributed by atoms with E-state index in [-0.39, 0.29) is 28.4 Å². The number of sulfonamides is 1. The number of piperidine rings is 1. The number of benzene rings is 2. The zero-order valence-corrected chi connectivity index (χ0v) is 30.9. The molecule has 1 saturated heterocycles. The van der Waals surface area contributed by atoms with Crippen molar-refractivity contribution in [2.75, 3.05) is 50.8 Å². The summed E-state index contributed by atoms with van der Waals surface area (Å²) in [6.45, 7) is 8.92. The van der Waals surface area contributed by atoms with Crippen molar-refractivity contribution >= 4 is 33.2 Å². The second-order valence-electron chi connectivity index (χ2n) is 15.5. The SMILES string of the molecule is C[C@H]1C/C=C/[C@H](OCCN2CCC(O)CC2)C2CC[C@H]2CN2C[C@@]3(CCCc4cc(Cl)ccc43)COc3ccc(cc32)S(=O)(=O)NC(=O)[C@@H]1C. The van der Waals surface area contributed by atoms with E-state index in [1.165, 1.54) is 11.1 Å². The number of anilines is 1. The van der Waals surface area contributed by atoms with E-state index >= 15 is 0 Å². The van der Waals surface area contributed by atoms with Crippen LogP contribution in [-0.4, -0.2) is 82.5 Å². The van der Waals surface area contributed by atoms with Crippen molar-refractivity contribution in [3.63, 3.8) is 0 Å². The first-order valence-electron chi connectivity index (χ1n) is 18.6. The Kier molecular flexibility index (Phi) is 10.6. The van der Waals surface area contributed by atoms with Crippen molar-refractivity contribution in [2.24, 2.45) is 23.7 Å². The first-order valence-corrected chi connectivity index (χ1v) is 20.4. The van der Waals surface area contributed by atoms with Crippen molar-refractivity contribution in [3.05, 3.63) is 64.7 Å². The van der Waals surface area contributed by atoms with E-state index in [0.717, 1.165) is 81.8 Å². The van der Waals surface area contributed by atoms with E-state index in [2.05, 4.69) is 38.8 Å². The number of aliphatic hydroxyl groups excluding tert-OH is 1. The summed E-state index contributed by atoms with van der Waals surface area (Å²) in [5, 5.41) is 10.7. The van der Waals surface area contributed by atoms with Crippen molar-refractivity contribution in [2.45, 2.75) is 87.7 Å². The topological polar surface area (TPSA) is 108 Å². The third kappa shape index (κ3) is 7.47. The largest absolute Gasteiger partial charge is 0.490 e. The number of nitrogens with zero attached hydrogens (tertiary/aromatic N) is 2. The Morgan fingerprint density at radius 2 is 1.92 bits per heavy atom. The summed E-state index contributed by atoms with van der Waals surface area (Å²) >= 11 is 6.46. The fourth-order valence-corrected chi connectivity index (χ4v) is 10.0. The van der Waals surface area contributed by atoms with E-state index in [1.54, 1.807) is 25.1 Å². The number of aryl methyl sites for hydroxylation is 1. The summed E-state index contributed by atoms with van der Waals surface area (Å²) in [6.07, 6.45) is 11.4. The van der Waals surface area contributed by atoms with E-state index in [4.69, 9.17) is 21.1 Å². The summed E-state index contributed by atoms with van der Waals surface area (Å²) in [4.78, 5) is 18.1. The summed E-state index contributed by atoms with van der Waals surface area (Å²) in [5.41, 5.74) is 2.98. The lowest BCUT2D eigenvalue weighted by Gasteiger charge is -2.46. The molecule has 1 unspecified atom stereocenters. The number of fused-ring (bicyclic) bond motifs is 4. The number of nitrogens with one attached hydrogen (secondary N) is 1. The minimum atomic E-state index is -4.11. The smallest absolute Gasteiger partial charge is 0.264 e. The number of carbonyl (C=O) groups is 1. The quantitative estimate of drug-likeness (QED) is 0.386. The molecule has 5 aliphatic rings. The summed E-state index contributed by atoms with van der Waals surface area (Å²) in [7, 11) is -4.11. The third-order valence-electron chi connectivity index (χ3n) is 12.3. The maximum absolute atomic E-state index is 13.7. The van der Waals surface area contributed by atoms with Gasteiger partial charge in [-0.25, -0.2) is 13.1 Å². The molecule has 2 aromatic rings. The summed E-state index contributed by atoms with van der Waals surface area (Å²) < 4.78 is 43.0. The molecule has 2 N–H and O–H groups in total. The monoisotopic (exact) mass is 725 g/mol. The second kappa shape index (κ2) is 14.8. The molecule has 2 fully saturated rings. The van der Waals surface area contributed by atoms with Crippen LogP contribution in [0.15, 0.2) is 53.4 Å². The van der Waals surface area contributed by atoms with Crippen LogP contribution in [0.1, 0.15) is 69.9 Å². The van der Waals surface area contributed by atoms with Gasteiger partial charge in [-0.2, -0.15) is 0 Å². The highest BCUT2D eigenvalue weighted by molar-refractivity contribution is 7.90. The minimum Gasteiger partial charge on any atom is -0.490 e. The Hall–Kier alpha value is -2.63. The molecule has 1 spiro atoms. The molecule has 3 heterocycles. The van der Waals surface area contributed by atoms with Crippen LogP contribution in [0, 0.1) is 23.7 Å². The summed E-state index contributed by atoms with van der Waals surface area (Å²) in [5.74, 6) is 0.240. The van der Waals surface area contributed by atoms with Crippen LogP contribution in [-0.2, 0) is 31.4 Å². The van der Waals surface area contributed by atoms with Gasteiger partial charge in [-0.3, -0.25) is 4.79 Å². The van der Waals surface area contributed by atoms with Crippen molar-refractivity contribution in [3.8, 4) is 5.75 Å². The molecule has 11 heteroatoms. The molecule has 2 bridgehead atoms. The van der Waals surface area contributed by atoms with Gasteiger partial charge >= 0.3 is 0 Å². The first kappa shape index (κ1) is 35.8. The normalized spacial score (nSPS) is 32.5. The second-order valence-corrected chi connectivity index (χ2v) is 17.7. The van der Waals surface area contributed by atoms with Gasteiger partial charge in [-0.05, 0) is 111 Å². The van der Waals surface area contributed by atoms with Gasteiger partial charge in [0.25, 0.3) is 10.0 Å². The van der Waals surface area contributed by atoms with Crippen LogP contribution in [0.4, 0.5) is 5.69 Å². The molecule has 0 radical (unpaired) electrons. The van der Waals surface area contributed by atoms with Gasteiger partial charge in [0.15, 0.2) is 0 Å². The van der Waals surface area contributed by atoms with E-state index in [1.807, 2.05) is 13.0 Å². The van der Waals surface area contributed by atoms with Crippen LogP contribution in [0.25, 0.3) is 0 Å². The highest BCUT2D eigenvalue weighted by Gasteiger charge is 2.45. The van der Waals surface area contributed by atoms with Crippen molar-refractivity contribution in [1.82, 2.24) is 9.62 Å². The number of aliphatic hydroxyl groups is 1. The highest BCUT2D eigenvalue weighted by Crippen LogP contribution is 2.47. The Morgan fingerprint density at radius 3 is 2.70 bits per heavy atom. The molecule has 50 heavy (non-hydrogen) atoms. The zero-order valence-electron chi connectivity index (χ0n) is 29.4. The number of halogens is 1. The lowest BCUT2D eigenvalue weighted by Crippen LogP contribution is -2.50. The third-order valence-corrected chi connectivity index (χ3v) is 13.9. The molecular formula is C39H52ClN3O6S. The average molecular weight is 726 g/mol. The molecular weight excluding hydrogens is 674 g/mol. The molecule has 2 aromatic carbocycles. The molecule has 0 aromatic heterocycles. The number of rotatable bonds is 4. The highest BCUT2D eigenvalue weighted by atomic mass is 35.5. The van der Waals surface area contributed by atoms with Gasteiger partial charge in [0, 0.05) is 49.1 Å². The van der Waals surface area contributed by atoms with E-state index < -0.39 is 21.8 Å². The molecule has 1 amide bonds. The Bertz CT molecular complexity index is 1690. The number of hydrogen-bond donors (Lipinski definition) is 2. The number of amides is 1. The average Bonchev–Trinajstić information content (AvgIpc) is 3.23. The number of allylic oxidation sites excluding steroid dienone is 1. The van der Waals surface area contributed by atoms with Gasteiger partial charge in [0.05, 0.1) is 36.0 Å². The van der Waals surface area contributed by atoms with Gasteiger partial charge in [-0.15, -0.1) is 0 Å². The van der Waals surface area contributed by atoms with Gasteiger partial charge < -0.3 is 24.4 Å². The van der Waals surface area contributed by atoms with Crippen LogP contribution < -0.4 is 14.4 Å². The summed E-state index contributed by atoms with van der Waals surface area (Å²) in [6, 6.07) is 11.2. The molecule has 272 valence electrons. The van der Waals surface area contributed by atoms with Gasteiger partial charge in [0.1, 0.15) is 5.75 Å². The van der Waals surface area contributed by atoms with Crippen molar-refractivity contribution < 1.29 is 27.8 Å².